The summed E-state index contributed by atoms with van der Waals surface area (Å²) in [5.74, 6) is 1.05. The molecule has 0 radical (unpaired) electrons. The maximum Gasteiger partial charge on any atom is 0.317 e. The molecule has 140 valence electrons. The lowest BCUT2D eigenvalue weighted by Gasteiger charge is -2.32. The molecular weight excluding hydrogens is 314 g/mol. The van der Waals surface area contributed by atoms with Gasteiger partial charge in [0.05, 0.1) is 0 Å². The van der Waals surface area contributed by atoms with Crippen molar-refractivity contribution in [2.75, 3.05) is 19.6 Å². The fraction of sp³-hybridized carbons (Fsp3) is 0.789. The second kappa shape index (κ2) is 8.21. The van der Waals surface area contributed by atoms with Gasteiger partial charge in [-0.3, -0.25) is 4.90 Å². The minimum absolute atomic E-state index is 0.120. The second-order valence-corrected chi connectivity index (χ2v) is 7.77. The van der Waals surface area contributed by atoms with E-state index in [9.17, 15) is 4.79 Å². The van der Waals surface area contributed by atoms with Crippen molar-refractivity contribution in [2.24, 2.45) is 0 Å². The number of hydrogen-bond acceptors (Lipinski definition) is 3. The van der Waals surface area contributed by atoms with E-state index < -0.39 is 0 Å². The van der Waals surface area contributed by atoms with Crippen LogP contribution in [-0.2, 0) is 6.54 Å². The molecule has 1 N–H and O–H groups in total. The van der Waals surface area contributed by atoms with Gasteiger partial charge >= 0.3 is 6.03 Å². The predicted octanol–water partition coefficient (Wildman–Crippen LogP) is 2.63. The van der Waals surface area contributed by atoms with Crippen molar-refractivity contribution < 1.29 is 4.79 Å². The number of aryl methyl sites for hydroxylation is 2. The average Bonchev–Trinajstić information content (AvgIpc) is 3.09. The number of urea groups is 1. The van der Waals surface area contributed by atoms with E-state index in [4.69, 9.17) is 0 Å². The highest BCUT2D eigenvalue weighted by molar-refractivity contribution is 5.74. The number of amides is 2. The lowest BCUT2D eigenvalue weighted by molar-refractivity contribution is 0.147. The summed E-state index contributed by atoms with van der Waals surface area (Å²) in [7, 11) is 0. The number of carbonyl (C=O) groups excluding carboxylic acids is 1. The number of carbonyl (C=O) groups is 1. The zero-order valence-electron chi connectivity index (χ0n) is 15.9. The number of nitrogens with one attached hydrogen (secondary N) is 1. The number of imidazole rings is 1. The molecule has 1 aromatic rings. The third-order valence-electron chi connectivity index (χ3n) is 5.75. The highest BCUT2D eigenvalue weighted by Gasteiger charge is 2.39. The molecule has 0 aromatic carbocycles. The Morgan fingerprint density at radius 1 is 1.28 bits per heavy atom. The molecule has 0 aliphatic carbocycles. The van der Waals surface area contributed by atoms with Gasteiger partial charge < -0.3 is 14.8 Å². The minimum Gasteiger partial charge on any atom is -0.338 e. The molecular formula is C19H33N5O. The number of likely N-dealkylation sites (tertiary alicyclic amines) is 1. The largest absolute Gasteiger partial charge is 0.338 e. The van der Waals surface area contributed by atoms with Gasteiger partial charge in [0, 0.05) is 56.7 Å². The number of aromatic nitrogens is 2. The standard InChI is InChI=1S/C19H33N5O/c1-15(2)24-17-6-7-18(24)14-23(12-8-17)19(25)21-9-4-5-11-22-13-10-20-16(22)3/h10,13,15,17-18H,4-9,11-12,14H2,1-3H3,(H,21,25)/t17-,18+/m1/s1. The summed E-state index contributed by atoms with van der Waals surface area (Å²) < 4.78 is 2.16. The molecule has 6 nitrogen and oxygen atoms in total. The molecule has 2 aliphatic rings. The molecule has 3 rings (SSSR count). The van der Waals surface area contributed by atoms with E-state index in [1.54, 1.807) is 0 Å². The Morgan fingerprint density at radius 3 is 2.80 bits per heavy atom. The van der Waals surface area contributed by atoms with Crippen LogP contribution in [0.1, 0.15) is 51.8 Å². The Bertz CT molecular complexity index is 570. The molecule has 1 aromatic heterocycles. The zero-order chi connectivity index (χ0) is 17.8. The zero-order valence-corrected chi connectivity index (χ0v) is 15.9. The molecule has 2 aliphatic heterocycles. The quantitative estimate of drug-likeness (QED) is 0.805. The van der Waals surface area contributed by atoms with Crippen molar-refractivity contribution in [1.29, 1.82) is 0 Å². The predicted molar refractivity (Wildman–Crippen MR) is 99.6 cm³/mol. The average molecular weight is 348 g/mol. The first-order valence-electron chi connectivity index (χ1n) is 9.84. The Hall–Kier alpha value is -1.56. The van der Waals surface area contributed by atoms with Crippen LogP contribution >= 0.6 is 0 Å². The van der Waals surface area contributed by atoms with Crippen LogP contribution in [0.25, 0.3) is 0 Å². The Balaban J connectivity index is 1.39. The van der Waals surface area contributed by atoms with Crippen molar-refractivity contribution >= 4 is 6.03 Å². The lowest BCUT2D eigenvalue weighted by atomic mass is 10.1. The fourth-order valence-electron chi connectivity index (χ4n) is 4.49. The first kappa shape index (κ1) is 18.2. The minimum atomic E-state index is 0.120. The van der Waals surface area contributed by atoms with Crippen molar-refractivity contribution in [3.05, 3.63) is 18.2 Å². The molecule has 6 heteroatoms. The van der Waals surface area contributed by atoms with E-state index in [1.165, 1.54) is 12.8 Å². The van der Waals surface area contributed by atoms with Gasteiger partial charge in [-0.05, 0) is 52.9 Å². The van der Waals surface area contributed by atoms with Crippen LogP contribution < -0.4 is 5.32 Å². The molecule has 2 amide bonds. The van der Waals surface area contributed by atoms with Crippen molar-refractivity contribution in [2.45, 2.75) is 77.5 Å². The second-order valence-electron chi connectivity index (χ2n) is 7.77. The lowest BCUT2D eigenvalue weighted by Crippen LogP contribution is -2.46. The molecule has 2 saturated heterocycles. The van der Waals surface area contributed by atoms with Crippen LogP contribution in [0, 0.1) is 6.92 Å². The maximum absolute atomic E-state index is 12.5. The van der Waals surface area contributed by atoms with Crippen LogP contribution in [-0.4, -0.2) is 63.1 Å². The van der Waals surface area contributed by atoms with Crippen molar-refractivity contribution in [3.8, 4) is 0 Å². The first-order chi connectivity index (χ1) is 12.1. The van der Waals surface area contributed by atoms with E-state index in [0.29, 0.717) is 18.1 Å². The van der Waals surface area contributed by atoms with Crippen LogP contribution in [0.15, 0.2) is 12.4 Å². The van der Waals surface area contributed by atoms with Gasteiger partial charge in [0.25, 0.3) is 0 Å². The topological polar surface area (TPSA) is 53.4 Å². The number of hydrogen-bond donors (Lipinski definition) is 1. The van der Waals surface area contributed by atoms with Gasteiger partial charge in [-0.1, -0.05) is 0 Å². The SMILES string of the molecule is Cc1nccn1CCCCNC(=O)N1CC[C@H]2CC[C@@H](C1)N2C(C)C. The van der Waals surface area contributed by atoms with Crippen LogP contribution in [0.2, 0.25) is 0 Å². The Morgan fingerprint density at radius 2 is 2.08 bits per heavy atom. The summed E-state index contributed by atoms with van der Waals surface area (Å²) in [4.78, 5) is 21.4. The smallest absolute Gasteiger partial charge is 0.317 e. The first-order valence-corrected chi connectivity index (χ1v) is 9.84. The number of unbranched alkanes of at least 4 members (excludes halogenated alkanes) is 1. The molecule has 0 spiro atoms. The maximum atomic E-state index is 12.5. The summed E-state index contributed by atoms with van der Waals surface area (Å²) in [6.45, 7) is 10.1. The number of fused-ring (bicyclic) bond motifs is 2. The third-order valence-corrected chi connectivity index (χ3v) is 5.75. The number of rotatable bonds is 6. The van der Waals surface area contributed by atoms with Crippen LogP contribution in [0.5, 0.6) is 0 Å². The third kappa shape index (κ3) is 4.35. The monoisotopic (exact) mass is 347 g/mol. The molecule has 0 saturated carbocycles. The fourth-order valence-corrected chi connectivity index (χ4v) is 4.49. The molecule has 2 atom stereocenters. The summed E-state index contributed by atoms with van der Waals surface area (Å²) in [6.07, 6.45) is 9.56. The van der Waals surface area contributed by atoms with Gasteiger partial charge in [0.2, 0.25) is 0 Å². The van der Waals surface area contributed by atoms with Crippen LogP contribution in [0.3, 0.4) is 0 Å². The summed E-state index contributed by atoms with van der Waals surface area (Å²) in [6, 6.07) is 1.91. The number of nitrogens with zero attached hydrogens (tertiary/aromatic N) is 4. The van der Waals surface area contributed by atoms with Crippen molar-refractivity contribution in [1.82, 2.24) is 24.7 Å². The summed E-state index contributed by atoms with van der Waals surface area (Å²) in [5, 5.41) is 3.12. The molecule has 25 heavy (non-hydrogen) atoms. The van der Waals surface area contributed by atoms with Gasteiger partial charge in [0.1, 0.15) is 5.82 Å². The van der Waals surface area contributed by atoms with E-state index in [1.807, 2.05) is 24.2 Å². The van der Waals surface area contributed by atoms with Crippen molar-refractivity contribution in [3.63, 3.8) is 0 Å². The van der Waals surface area contributed by atoms with E-state index in [-0.39, 0.29) is 6.03 Å². The molecule has 2 bridgehead atoms. The highest BCUT2D eigenvalue weighted by Crippen LogP contribution is 2.31. The summed E-state index contributed by atoms with van der Waals surface area (Å²) >= 11 is 0. The van der Waals surface area contributed by atoms with E-state index >= 15 is 0 Å². The highest BCUT2D eigenvalue weighted by atomic mass is 16.2. The Kier molecular flexibility index (Phi) is 5.99. The molecule has 2 fully saturated rings. The van der Waals surface area contributed by atoms with Crippen LogP contribution in [0.4, 0.5) is 4.79 Å². The van der Waals surface area contributed by atoms with E-state index in [0.717, 1.165) is 51.3 Å². The van der Waals surface area contributed by atoms with Gasteiger partial charge in [0.15, 0.2) is 0 Å². The van der Waals surface area contributed by atoms with Gasteiger partial charge in [-0.25, -0.2) is 9.78 Å². The Labute approximate surface area is 151 Å². The molecule has 3 heterocycles. The normalized spacial score (nSPS) is 23.9. The van der Waals surface area contributed by atoms with E-state index in [2.05, 4.69) is 33.6 Å². The summed E-state index contributed by atoms with van der Waals surface area (Å²) in [5.41, 5.74) is 0. The van der Waals surface area contributed by atoms with Gasteiger partial charge in [-0.2, -0.15) is 0 Å². The molecule has 0 unspecified atom stereocenters. The van der Waals surface area contributed by atoms with Gasteiger partial charge in [-0.15, -0.1) is 0 Å².